The molecule has 1 fully saturated rings. The number of rotatable bonds is 3. The Kier molecular flexibility index (Phi) is 6.09. The number of carbonyl (C=O) groups excluding carboxylic acids is 1. The number of hydrogen-bond donors (Lipinski definition) is 1. The zero-order valence-corrected chi connectivity index (χ0v) is 16.0. The van der Waals surface area contributed by atoms with Gasteiger partial charge in [0.25, 0.3) is 0 Å². The molecule has 1 aromatic carbocycles. The Morgan fingerprint density at radius 2 is 2.17 bits per heavy atom. The highest BCUT2D eigenvalue weighted by Gasteiger charge is 2.28. The quantitative estimate of drug-likeness (QED) is 0.836. The molecule has 0 spiro atoms. The third kappa shape index (κ3) is 5.81. The second-order valence-corrected chi connectivity index (χ2v) is 8.12. The number of nitrogens with one attached hydrogen (secondary N) is 1. The molecule has 0 radical (unpaired) electrons. The molecule has 5 heteroatoms. The van der Waals surface area contributed by atoms with E-state index in [1.165, 1.54) is 5.56 Å². The molecular weight excluding hydrogens is 356 g/mol. The minimum Gasteiger partial charge on any atom is -0.444 e. The van der Waals surface area contributed by atoms with E-state index in [4.69, 9.17) is 4.74 Å². The first-order chi connectivity index (χ1) is 10.7. The van der Waals surface area contributed by atoms with Gasteiger partial charge in [-0.3, -0.25) is 0 Å². The van der Waals surface area contributed by atoms with Crippen molar-refractivity contribution in [3.05, 3.63) is 34.3 Å². The summed E-state index contributed by atoms with van der Waals surface area (Å²) in [6.07, 6.45) is 1.87. The molecule has 1 aliphatic rings. The van der Waals surface area contributed by atoms with E-state index < -0.39 is 5.60 Å². The maximum absolute atomic E-state index is 12.2. The number of likely N-dealkylation sites (tertiary alicyclic amines) is 1. The minimum atomic E-state index is -0.443. The fourth-order valence-corrected chi connectivity index (χ4v) is 3.25. The van der Waals surface area contributed by atoms with E-state index in [1.54, 1.807) is 0 Å². The molecule has 0 bridgehead atoms. The van der Waals surface area contributed by atoms with Crippen LogP contribution in [0.4, 0.5) is 4.79 Å². The highest BCUT2D eigenvalue weighted by atomic mass is 79.9. The van der Waals surface area contributed by atoms with Gasteiger partial charge in [0.15, 0.2) is 0 Å². The molecule has 1 unspecified atom stereocenters. The Balaban J connectivity index is 1.92. The van der Waals surface area contributed by atoms with E-state index in [-0.39, 0.29) is 12.1 Å². The third-order valence-electron chi connectivity index (χ3n) is 3.91. The van der Waals surface area contributed by atoms with Crippen LogP contribution in [0, 0.1) is 0 Å². The summed E-state index contributed by atoms with van der Waals surface area (Å²) in [5, 5.41) is 3.64. The molecule has 0 aliphatic carbocycles. The molecule has 1 aromatic rings. The van der Waals surface area contributed by atoms with Crippen LogP contribution in [0.2, 0.25) is 0 Å². The number of hydrogen-bond acceptors (Lipinski definition) is 3. The Morgan fingerprint density at radius 3 is 2.83 bits per heavy atom. The van der Waals surface area contributed by atoms with Crippen LogP contribution in [0.15, 0.2) is 28.7 Å². The normalized spacial score (nSPS) is 20.2. The van der Waals surface area contributed by atoms with Gasteiger partial charge in [0.05, 0.1) is 0 Å². The van der Waals surface area contributed by atoms with Crippen molar-refractivity contribution < 1.29 is 9.53 Å². The number of ether oxygens (including phenoxy) is 1. The fraction of sp³-hybridized carbons (Fsp3) is 0.611. The summed E-state index contributed by atoms with van der Waals surface area (Å²) in [6, 6.07) is 8.87. The number of carbonyl (C=O) groups is 1. The molecule has 1 aliphatic heterocycles. The van der Waals surface area contributed by atoms with Crippen molar-refractivity contribution in [2.75, 3.05) is 13.1 Å². The summed E-state index contributed by atoms with van der Waals surface area (Å²) in [5.41, 5.74) is 0.801. The van der Waals surface area contributed by atoms with E-state index in [2.05, 4.69) is 40.3 Å². The van der Waals surface area contributed by atoms with Gasteiger partial charge in [-0.05, 0) is 58.2 Å². The van der Waals surface area contributed by atoms with E-state index in [1.807, 2.05) is 37.8 Å². The van der Waals surface area contributed by atoms with Crippen molar-refractivity contribution in [1.29, 1.82) is 0 Å². The fourth-order valence-electron chi connectivity index (χ4n) is 2.83. The van der Waals surface area contributed by atoms with Crippen molar-refractivity contribution in [2.24, 2.45) is 0 Å². The molecule has 0 saturated carbocycles. The second kappa shape index (κ2) is 7.67. The van der Waals surface area contributed by atoms with Gasteiger partial charge >= 0.3 is 6.09 Å². The molecule has 1 heterocycles. The number of benzene rings is 1. The summed E-state index contributed by atoms with van der Waals surface area (Å²) in [7, 11) is 0. The highest BCUT2D eigenvalue weighted by molar-refractivity contribution is 9.10. The molecular formula is C18H27BrN2O2. The van der Waals surface area contributed by atoms with Crippen LogP contribution < -0.4 is 5.32 Å². The van der Waals surface area contributed by atoms with Crippen molar-refractivity contribution in [3.8, 4) is 0 Å². The lowest BCUT2D eigenvalue weighted by molar-refractivity contribution is 0.0184. The summed E-state index contributed by atoms with van der Waals surface area (Å²) in [4.78, 5) is 14.0. The second-order valence-electron chi connectivity index (χ2n) is 7.21. The van der Waals surface area contributed by atoms with Crippen LogP contribution in [0.3, 0.4) is 0 Å². The Morgan fingerprint density at radius 1 is 1.43 bits per heavy atom. The van der Waals surface area contributed by atoms with Gasteiger partial charge < -0.3 is 15.0 Å². The number of halogens is 1. The number of nitrogens with zero attached hydrogens (tertiary/aromatic N) is 1. The number of amides is 1. The molecule has 1 saturated heterocycles. The van der Waals surface area contributed by atoms with Crippen LogP contribution in [0.25, 0.3) is 0 Å². The van der Waals surface area contributed by atoms with E-state index in [9.17, 15) is 4.79 Å². The van der Waals surface area contributed by atoms with Crippen molar-refractivity contribution in [3.63, 3.8) is 0 Å². The highest BCUT2D eigenvalue weighted by Crippen LogP contribution is 2.21. The molecule has 1 amide bonds. The largest absolute Gasteiger partial charge is 0.444 e. The summed E-state index contributed by atoms with van der Waals surface area (Å²) in [5.74, 6) is 0. The van der Waals surface area contributed by atoms with E-state index >= 15 is 0 Å². The Labute approximate surface area is 147 Å². The van der Waals surface area contributed by atoms with E-state index in [0.29, 0.717) is 12.6 Å². The van der Waals surface area contributed by atoms with Gasteiger partial charge in [0.2, 0.25) is 0 Å². The van der Waals surface area contributed by atoms with Crippen molar-refractivity contribution in [1.82, 2.24) is 10.2 Å². The van der Waals surface area contributed by atoms with Gasteiger partial charge in [0.1, 0.15) is 5.60 Å². The van der Waals surface area contributed by atoms with Crippen LogP contribution in [0.1, 0.15) is 52.1 Å². The van der Waals surface area contributed by atoms with Gasteiger partial charge in [-0.15, -0.1) is 0 Å². The standard InChI is InChI=1S/C18H27BrN2O2/c1-13(14-7-5-8-15(19)11-14)20-16-9-6-10-21(12-16)17(22)23-18(2,3)4/h5,7-8,11,13,16,20H,6,9-10,12H2,1-4H3/t13-,16?/m0/s1. The summed E-state index contributed by atoms with van der Waals surface area (Å²) < 4.78 is 6.57. The first-order valence-corrected chi connectivity index (χ1v) is 9.03. The van der Waals surface area contributed by atoms with Crippen LogP contribution >= 0.6 is 15.9 Å². The first kappa shape index (κ1) is 18.3. The van der Waals surface area contributed by atoms with E-state index in [0.717, 1.165) is 23.9 Å². The lowest BCUT2D eigenvalue weighted by Crippen LogP contribution is -2.49. The number of piperidine rings is 1. The van der Waals surface area contributed by atoms with Crippen LogP contribution in [-0.4, -0.2) is 35.7 Å². The summed E-state index contributed by atoms with van der Waals surface area (Å²) in [6.45, 7) is 9.35. The van der Waals surface area contributed by atoms with Crippen LogP contribution in [0.5, 0.6) is 0 Å². The predicted molar refractivity (Wildman–Crippen MR) is 96.5 cm³/mol. The van der Waals surface area contributed by atoms with Gasteiger partial charge in [-0.25, -0.2) is 4.79 Å². The molecule has 0 aromatic heterocycles. The molecule has 1 N–H and O–H groups in total. The molecule has 128 valence electrons. The Bertz CT molecular complexity index is 542. The van der Waals surface area contributed by atoms with Crippen molar-refractivity contribution >= 4 is 22.0 Å². The van der Waals surface area contributed by atoms with Gasteiger partial charge in [0, 0.05) is 29.6 Å². The zero-order chi connectivity index (χ0) is 17.0. The maximum atomic E-state index is 12.2. The maximum Gasteiger partial charge on any atom is 0.410 e. The molecule has 23 heavy (non-hydrogen) atoms. The van der Waals surface area contributed by atoms with Gasteiger partial charge in [-0.2, -0.15) is 0 Å². The zero-order valence-electron chi connectivity index (χ0n) is 14.4. The molecule has 2 rings (SSSR count). The lowest BCUT2D eigenvalue weighted by Gasteiger charge is -2.35. The Hall–Kier alpha value is -1.07. The molecule has 4 nitrogen and oxygen atoms in total. The first-order valence-electron chi connectivity index (χ1n) is 8.24. The predicted octanol–water partition coefficient (Wildman–Crippen LogP) is 4.50. The minimum absolute atomic E-state index is 0.209. The van der Waals surface area contributed by atoms with Gasteiger partial charge in [-0.1, -0.05) is 28.1 Å². The van der Waals surface area contributed by atoms with Crippen molar-refractivity contribution in [2.45, 2.75) is 58.2 Å². The average Bonchev–Trinajstić information content (AvgIpc) is 2.45. The lowest BCUT2D eigenvalue weighted by atomic mass is 10.0. The monoisotopic (exact) mass is 382 g/mol. The topological polar surface area (TPSA) is 41.6 Å². The molecule has 2 atom stereocenters. The smallest absolute Gasteiger partial charge is 0.410 e. The summed E-state index contributed by atoms with van der Waals surface area (Å²) >= 11 is 3.51. The van der Waals surface area contributed by atoms with Crippen LogP contribution in [-0.2, 0) is 4.74 Å². The SMILES string of the molecule is C[C@H](NC1CCCN(C(=O)OC(C)(C)C)C1)c1cccc(Br)c1. The average molecular weight is 383 g/mol. The third-order valence-corrected chi connectivity index (χ3v) is 4.40.